The Bertz CT molecular complexity index is 1030. The number of nitrogens with one attached hydrogen (secondary N) is 2. The Labute approximate surface area is 233 Å². The van der Waals surface area contributed by atoms with Gasteiger partial charge in [-0.3, -0.25) is 4.79 Å². The van der Waals surface area contributed by atoms with E-state index in [1.54, 1.807) is 13.4 Å². The van der Waals surface area contributed by atoms with Crippen molar-refractivity contribution in [2.24, 2.45) is 18.9 Å². The molecule has 2 heterocycles. The lowest BCUT2D eigenvalue weighted by atomic mass is 9.73. The van der Waals surface area contributed by atoms with Gasteiger partial charge in [0.2, 0.25) is 5.91 Å². The highest BCUT2D eigenvalue weighted by molar-refractivity contribution is 7.80. The lowest BCUT2D eigenvalue weighted by Crippen LogP contribution is -2.56. The van der Waals surface area contributed by atoms with Gasteiger partial charge >= 0.3 is 0 Å². The van der Waals surface area contributed by atoms with Gasteiger partial charge in [-0.2, -0.15) is 0 Å². The van der Waals surface area contributed by atoms with Crippen LogP contribution in [0.25, 0.3) is 0 Å². The zero-order valence-corrected chi connectivity index (χ0v) is 24.1. The van der Waals surface area contributed by atoms with Gasteiger partial charge < -0.3 is 24.8 Å². The molecule has 2 N–H and O–H groups in total. The fraction of sp³-hybridized carbons (Fsp3) is 0.633. The van der Waals surface area contributed by atoms with E-state index in [2.05, 4.69) is 27.4 Å². The van der Waals surface area contributed by atoms with Gasteiger partial charge in [-0.05, 0) is 61.0 Å². The first kappa shape index (κ1) is 28.4. The van der Waals surface area contributed by atoms with Gasteiger partial charge in [-0.25, -0.2) is 4.98 Å². The summed E-state index contributed by atoms with van der Waals surface area (Å²) in [6.07, 6.45) is 15.2. The van der Waals surface area contributed by atoms with Crippen LogP contribution in [0, 0.1) is 11.8 Å². The number of rotatable bonds is 10. The van der Waals surface area contributed by atoms with Crippen LogP contribution in [0.4, 0.5) is 0 Å². The van der Waals surface area contributed by atoms with E-state index >= 15 is 0 Å². The molecule has 1 saturated carbocycles. The molecule has 1 saturated heterocycles. The van der Waals surface area contributed by atoms with E-state index < -0.39 is 6.04 Å². The fourth-order valence-electron chi connectivity index (χ4n) is 6.33. The van der Waals surface area contributed by atoms with Crippen molar-refractivity contribution in [1.29, 1.82) is 0 Å². The van der Waals surface area contributed by atoms with Gasteiger partial charge in [0.05, 0.1) is 13.4 Å². The summed E-state index contributed by atoms with van der Waals surface area (Å²) in [5.74, 6) is 2.57. The number of carbonyl (C=O) groups is 1. The Hall–Kier alpha value is -2.61. The largest absolute Gasteiger partial charge is 0.497 e. The molecule has 1 aromatic heterocycles. The van der Waals surface area contributed by atoms with Gasteiger partial charge in [-0.15, -0.1) is 0 Å². The van der Waals surface area contributed by atoms with Crippen molar-refractivity contribution in [2.75, 3.05) is 20.2 Å². The molecule has 0 bridgehead atoms. The monoisotopic (exact) mass is 539 g/mol. The topological polar surface area (TPSA) is 71.4 Å². The van der Waals surface area contributed by atoms with Crippen LogP contribution in [0.15, 0.2) is 36.8 Å². The number of benzene rings is 1. The second-order valence-electron chi connectivity index (χ2n) is 11.0. The maximum Gasteiger partial charge on any atom is 0.245 e. The third-order valence-electron chi connectivity index (χ3n) is 8.61. The fourth-order valence-corrected chi connectivity index (χ4v) is 6.57. The summed E-state index contributed by atoms with van der Waals surface area (Å²) in [6.45, 7) is 3.75. The van der Waals surface area contributed by atoms with Crippen LogP contribution >= 0.6 is 12.2 Å². The van der Waals surface area contributed by atoms with Gasteiger partial charge in [0.15, 0.2) is 5.11 Å². The molecule has 4 rings (SSSR count). The summed E-state index contributed by atoms with van der Waals surface area (Å²) >= 11 is 5.66. The molecule has 1 aliphatic heterocycles. The van der Waals surface area contributed by atoms with Crippen molar-refractivity contribution in [3.05, 3.63) is 48.0 Å². The van der Waals surface area contributed by atoms with Crippen molar-refractivity contribution < 1.29 is 9.53 Å². The third-order valence-corrected chi connectivity index (χ3v) is 8.87. The predicted molar refractivity (Wildman–Crippen MR) is 156 cm³/mol. The van der Waals surface area contributed by atoms with E-state index in [9.17, 15) is 4.79 Å². The maximum absolute atomic E-state index is 14.1. The molecule has 0 spiro atoms. The Morgan fingerprint density at radius 2 is 1.92 bits per heavy atom. The van der Waals surface area contributed by atoms with E-state index in [1.165, 1.54) is 32.1 Å². The standard InChI is InChI=1S/C30H45N5O2S/c1-4-25-19-24(23-8-6-5-7-9-23)15-17-35(25)29(36)28(18-22-10-12-27(37-3)13-11-22)33-30(38)32-16-14-26-20-31-21-34(26)2/h10-13,20-21,23-25,28H,4-9,14-19H2,1-3H3,(H2,32,33,38)/t24?,25?,28-/m1/s1. The zero-order chi connectivity index (χ0) is 26.9. The maximum atomic E-state index is 14.1. The van der Waals surface area contributed by atoms with Gasteiger partial charge in [0, 0.05) is 50.9 Å². The molecule has 208 valence electrons. The van der Waals surface area contributed by atoms with E-state index in [0.29, 0.717) is 24.1 Å². The van der Waals surface area contributed by atoms with Gasteiger partial charge in [0.25, 0.3) is 0 Å². The lowest BCUT2D eigenvalue weighted by Gasteiger charge is -2.44. The summed E-state index contributed by atoms with van der Waals surface area (Å²) in [5, 5.41) is 7.20. The number of ether oxygens (including phenoxy) is 1. The molecular weight excluding hydrogens is 494 g/mol. The molecule has 1 amide bonds. The van der Waals surface area contributed by atoms with Crippen molar-refractivity contribution in [3.63, 3.8) is 0 Å². The summed E-state index contributed by atoms with van der Waals surface area (Å²) in [4.78, 5) is 20.4. The SMILES string of the molecule is CCC1CC(C2CCCCC2)CCN1C(=O)[C@@H](Cc1ccc(OC)cc1)NC(=S)NCCc1cncn1C. The summed E-state index contributed by atoms with van der Waals surface area (Å²) in [7, 11) is 3.66. The quantitative estimate of drug-likeness (QED) is 0.429. The minimum absolute atomic E-state index is 0.158. The molecule has 1 aromatic carbocycles. The number of imidazole rings is 1. The highest BCUT2D eigenvalue weighted by Gasteiger charge is 2.37. The van der Waals surface area contributed by atoms with Crippen molar-refractivity contribution in [2.45, 2.75) is 83.2 Å². The lowest BCUT2D eigenvalue weighted by molar-refractivity contribution is -0.138. The molecule has 1 aliphatic carbocycles. The first-order valence-corrected chi connectivity index (χ1v) is 14.8. The number of amides is 1. The number of aromatic nitrogens is 2. The second-order valence-corrected chi connectivity index (χ2v) is 11.4. The Kier molecular flexibility index (Phi) is 10.4. The Morgan fingerprint density at radius 1 is 1.16 bits per heavy atom. The number of piperidine rings is 1. The van der Waals surface area contributed by atoms with Crippen LogP contribution < -0.4 is 15.4 Å². The Morgan fingerprint density at radius 3 is 2.58 bits per heavy atom. The Balaban J connectivity index is 1.41. The average Bonchev–Trinajstić information content (AvgIpc) is 3.37. The van der Waals surface area contributed by atoms with Crippen molar-refractivity contribution in [1.82, 2.24) is 25.1 Å². The first-order valence-electron chi connectivity index (χ1n) is 14.4. The molecule has 7 nitrogen and oxygen atoms in total. The molecule has 2 fully saturated rings. The molecule has 2 unspecified atom stereocenters. The number of nitrogens with zero attached hydrogens (tertiary/aromatic N) is 3. The van der Waals surface area contributed by atoms with Gasteiger partial charge in [0.1, 0.15) is 11.8 Å². The van der Waals surface area contributed by atoms with E-state index in [0.717, 1.165) is 61.1 Å². The third kappa shape index (κ3) is 7.49. The van der Waals surface area contributed by atoms with Crippen LogP contribution in [0.5, 0.6) is 5.75 Å². The minimum Gasteiger partial charge on any atom is -0.497 e. The normalized spacial score (nSPS) is 21.1. The number of likely N-dealkylation sites (tertiary alicyclic amines) is 1. The van der Waals surface area contributed by atoms with E-state index in [-0.39, 0.29) is 5.91 Å². The van der Waals surface area contributed by atoms with Crippen molar-refractivity contribution >= 4 is 23.2 Å². The highest BCUT2D eigenvalue weighted by atomic mass is 32.1. The molecule has 38 heavy (non-hydrogen) atoms. The summed E-state index contributed by atoms with van der Waals surface area (Å²) in [6, 6.07) is 7.85. The average molecular weight is 540 g/mol. The van der Waals surface area contributed by atoms with E-state index in [1.807, 2.05) is 42.1 Å². The minimum atomic E-state index is -0.416. The van der Waals surface area contributed by atoms with Gasteiger partial charge in [-0.1, -0.05) is 51.2 Å². The number of hydrogen-bond acceptors (Lipinski definition) is 4. The molecule has 8 heteroatoms. The van der Waals surface area contributed by atoms with Crippen LogP contribution in [-0.4, -0.2) is 57.8 Å². The summed E-state index contributed by atoms with van der Waals surface area (Å²) < 4.78 is 7.34. The second kappa shape index (κ2) is 14.0. The van der Waals surface area contributed by atoms with Crippen LogP contribution in [0.1, 0.15) is 69.5 Å². The summed E-state index contributed by atoms with van der Waals surface area (Å²) in [5.41, 5.74) is 2.22. The molecule has 2 aromatic rings. The smallest absolute Gasteiger partial charge is 0.245 e. The molecule has 0 radical (unpaired) electrons. The van der Waals surface area contributed by atoms with Crippen LogP contribution in [0.3, 0.4) is 0 Å². The van der Waals surface area contributed by atoms with Crippen LogP contribution in [0.2, 0.25) is 0 Å². The number of methoxy groups -OCH3 is 1. The zero-order valence-electron chi connectivity index (χ0n) is 23.3. The number of hydrogen-bond donors (Lipinski definition) is 2. The van der Waals surface area contributed by atoms with Crippen LogP contribution in [-0.2, 0) is 24.7 Å². The van der Waals surface area contributed by atoms with Crippen molar-refractivity contribution in [3.8, 4) is 5.75 Å². The number of thiocarbonyl (C=S) groups is 1. The number of aryl methyl sites for hydroxylation is 1. The molecular formula is C30H45N5O2S. The predicted octanol–water partition coefficient (Wildman–Crippen LogP) is 4.64. The first-order chi connectivity index (χ1) is 18.5. The molecule has 3 atom stereocenters. The van der Waals surface area contributed by atoms with E-state index in [4.69, 9.17) is 17.0 Å². The number of carbonyl (C=O) groups excluding carboxylic acids is 1. The highest BCUT2D eigenvalue weighted by Crippen LogP contribution is 2.38. The molecule has 2 aliphatic rings.